The highest BCUT2D eigenvalue weighted by atomic mass is 32.1. The van der Waals surface area contributed by atoms with Gasteiger partial charge in [-0.3, -0.25) is 4.79 Å². The molecule has 1 heterocycles. The van der Waals surface area contributed by atoms with E-state index in [4.69, 9.17) is 14.7 Å². The molecule has 1 N–H and O–H groups in total. The molecule has 0 fully saturated rings. The predicted molar refractivity (Wildman–Crippen MR) is 90.4 cm³/mol. The molecule has 1 aromatic heterocycles. The Balaban J connectivity index is 2.10. The number of hydrogen-bond donors (Lipinski definition) is 1. The number of rotatable bonds is 5. The maximum absolute atomic E-state index is 12.1. The summed E-state index contributed by atoms with van der Waals surface area (Å²) >= 11 is 1.30. The SMILES string of the molecule is COC(=O)c1c(NC(=O)COc2ccccc2C#N)sc(C)c1C. The van der Waals surface area contributed by atoms with Crippen LogP contribution in [0, 0.1) is 25.2 Å². The van der Waals surface area contributed by atoms with Crippen LogP contribution in [0.4, 0.5) is 5.00 Å². The Kier molecular flexibility index (Phi) is 5.55. The predicted octanol–water partition coefficient (Wildman–Crippen LogP) is 3.04. The number of benzene rings is 1. The Bertz CT molecular complexity index is 820. The number of para-hydroxylation sites is 1. The number of hydrogen-bond acceptors (Lipinski definition) is 6. The van der Waals surface area contributed by atoms with Crippen molar-refractivity contribution < 1.29 is 19.1 Å². The number of carbonyl (C=O) groups excluding carboxylic acids is 2. The number of anilines is 1. The standard InChI is InChI=1S/C17H16N2O4S/c1-10-11(2)24-16(15(10)17(21)22-3)19-14(20)9-23-13-7-5-4-6-12(13)8-18/h4-7H,9H2,1-3H3,(H,19,20). The fraction of sp³-hybridized carbons (Fsp3) is 0.235. The molecular weight excluding hydrogens is 328 g/mol. The highest BCUT2D eigenvalue weighted by molar-refractivity contribution is 7.16. The van der Waals surface area contributed by atoms with E-state index in [0.717, 1.165) is 10.4 Å². The van der Waals surface area contributed by atoms with E-state index in [9.17, 15) is 9.59 Å². The van der Waals surface area contributed by atoms with Crippen molar-refractivity contribution in [1.29, 1.82) is 5.26 Å². The molecule has 0 bridgehead atoms. The van der Waals surface area contributed by atoms with Crippen LogP contribution in [0.5, 0.6) is 5.75 Å². The van der Waals surface area contributed by atoms with Crippen molar-refractivity contribution in [3.05, 3.63) is 45.8 Å². The highest BCUT2D eigenvalue weighted by Gasteiger charge is 2.21. The number of methoxy groups -OCH3 is 1. The molecule has 7 heteroatoms. The molecule has 0 aliphatic carbocycles. The normalized spacial score (nSPS) is 9.92. The average Bonchev–Trinajstić information content (AvgIpc) is 2.86. The quantitative estimate of drug-likeness (QED) is 0.842. The number of thiophene rings is 1. The molecule has 0 unspecified atom stereocenters. The van der Waals surface area contributed by atoms with Gasteiger partial charge in [0.2, 0.25) is 0 Å². The molecule has 0 saturated carbocycles. The number of aryl methyl sites for hydroxylation is 1. The second kappa shape index (κ2) is 7.62. The zero-order valence-electron chi connectivity index (χ0n) is 13.5. The van der Waals surface area contributed by atoms with Gasteiger partial charge in [0, 0.05) is 4.88 Å². The molecule has 2 aromatic rings. The summed E-state index contributed by atoms with van der Waals surface area (Å²) in [6, 6.07) is 8.65. The highest BCUT2D eigenvalue weighted by Crippen LogP contribution is 2.32. The molecule has 0 spiro atoms. The van der Waals surface area contributed by atoms with Gasteiger partial charge in [-0.15, -0.1) is 11.3 Å². The van der Waals surface area contributed by atoms with E-state index in [-0.39, 0.29) is 6.61 Å². The minimum atomic E-state index is -0.497. The van der Waals surface area contributed by atoms with Gasteiger partial charge in [-0.25, -0.2) is 4.79 Å². The van der Waals surface area contributed by atoms with Gasteiger partial charge >= 0.3 is 5.97 Å². The first kappa shape index (κ1) is 17.5. The van der Waals surface area contributed by atoms with Gasteiger partial charge in [-0.2, -0.15) is 5.26 Å². The number of esters is 1. The smallest absolute Gasteiger partial charge is 0.341 e. The lowest BCUT2D eigenvalue weighted by Crippen LogP contribution is -2.21. The Morgan fingerprint density at radius 1 is 1.29 bits per heavy atom. The molecule has 24 heavy (non-hydrogen) atoms. The van der Waals surface area contributed by atoms with Crippen molar-refractivity contribution in [2.75, 3.05) is 19.0 Å². The van der Waals surface area contributed by atoms with E-state index in [1.54, 1.807) is 31.2 Å². The van der Waals surface area contributed by atoms with E-state index in [1.165, 1.54) is 18.4 Å². The summed E-state index contributed by atoms with van der Waals surface area (Å²) in [5, 5.41) is 12.1. The zero-order valence-corrected chi connectivity index (χ0v) is 14.3. The second-order valence-corrected chi connectivity index (χ2v) is 6.15. The van der Waals surface area contributed by atoms with Crippen molar-refractivity contribution in [3.8, 4) is 11.8 Å². The van der Waals surface area contributed by atoms with Crippen LogP contribution in [0.1, 0.15) is 26.4 Å². The van der Waals surface area contributed by atoms with E-state index >= 15 is 0 Å². The van der Waals surface area contributed by atoms with Crippen molar-refractivity contribution in [2.24, 2.45) is 0 Å². The van der Waals surface area contributed by atoms with Gasteiger partial charge in [0.05, 0.1) is 18.2 Å². The zero-order chi connectivity index (χ0) is 17.7. The van der Waals surface area contributed by atoms with Crippen LogP contribution in [0.15, 0.2) is 24.3 Å². The van der Waals surface area contributed by atoms with Gasteiger partial charge in [0.25, 0.3) is 5.91 Å². The van der Waals surface area contributed by atoms with Crippen LogP contribution in [0.2, 0.25) is 0 Å². The van der Waals surface area contributed by atoms with Crippen LogP contribution in [0.3, 0.4) is 0 Å². The van der Waals surface area contributed by atoms with Gasteiger partial charge in [0.15, 0.2) is 6.61 Å². The van der Waals surface area contributed by atoms with Crippen LogP contribution in [-0.4, -0.2) is 25.6 Å². The summed E-state index contributed by atoms with van der Waals surface area (Å²) < 4.78 is 10.1. The summed E-state index contributed by atoms with van der Waals surface area (Å²) in [6.07, 6.45) is 0. The molecule has 0 radical (unpaired) electrons. The fourth-order valence-electron chi connectivity index (χ4n) is 2.05. The molecule has 2 rings (SSSR count). The maximum atomic E-state index is 12.1. The van der Waals surface area contributed by atoms with Crippen molar-refractivity contribution >= 4 is 28.2 Å². The molecule has 1 aromatic carbocycles. The van der Waals surface area contributed by atoms with Crippen LogP contribution < -0.4 is 10.1 Å². The summed E-state index contributed by atoms with van der Waals surface area (Å²) in [5.74, 6) is -0.584. The van der Waals surface area contributed by atoms with E-state index in [0.29, 0.717) is 21.9 Å². The second-order valence-electron chi connectivity index (χ2n) is 4.92. The number of nitrogens with zero attached hydrogens (tertiary/aromatic N) is 1. The Hall–Kier alpha value is -2.85. The fourth-order valence-corrected chi connectivity index (χ4v) is 3.12. The van der Waals surface area contributed by atoms with Crippen LogP contribution in [-0.2, 0) is 9.53 Å². The summed E-state index contributed by atoms with van der Waals surface area (Å²) in [7, 11) is 1.29. The molecule has 1 amide bonds. The largest absolute Gasteiger partial charge is 0.482 e. The third-order valence-corrected chi connectivity index (χ3v) is 4.52. The van der Waals surface area contributed by atoms with Crippen molar-refractivity contribution in [1.82, 2.24) is 0 Å². The summed E-state index contributed by atoms with van der Waals surface area (Å²) in [5.41, 5.74) is 1.48. The number of ether oxygens (including phenoxy) is 2. The molecular formula is C17H16N2O4S. The maximum Gasteiger partial charge on any atom is 0.341 e. The number of amides is 1. The average molecular weight is 344 g/mol. The first-order valence-electron chi connectivity index (χ1n) is 7.08. The Morgan fingerprint density at radius 2 is 2.00 bits per heavy atom. The number of carbonyl (C=O) groups is 2. The van der Waals surface area contributed by atoms with Gasteiger partial charge in [-0.05, 0) is 31.5 Å². The number of nitriles is 1. The Morgan fingerprint density at radius 3 is 2.67 bits per heavy atom. The lowest BCUT2D eigenvalue weighted by Gasteiger charge is -2.08. The van der Waals surface area contributed by atoms with E-state index in [1.807, 2.05) is 13.0 Å². The lowest BCUT2D eigenvalue weighted by atomic mass is 10.1. The first-order valence-corrected chi connectivity index (χ1v) is 7.89. The Labute approximate surface area is 143 Å². The van der Waals surface area contributed by atoms with E-state index in [2.05, 4.69) is 5.32 Å². The molecule has 0 aliphatic rings. The monoisotopic (exact) mass is 344 g/mol. The molecule has 0 aliphatic heterocycles. The molecule has 6 nitrogen and oxygen atoms in total. The van der Waals surface area contributed by atoms with Crippen LogP contribution >= 0.6 is 11.3 Å². The lowest BCUT2D eigenvalue weighted by molar-refractivity contribution is -0.118. The van der Waals surface area contributed by atoms with Crippen LogP contribution in [0.25, 0.3) is 0 Å². The third-order valence-electron chi connectivity index (χ3n) is 3.39. The van der Waals surface area contributed by atoms with Gasteiger partial charge in [-0.1, -0.05) is 12.1 Å². The third kappa shape index (κ3) is 3.73. The van der Waals surface area contributed by atoms with Crippen molar-refractivity contribution in [3.63, 3.8) is 0 Å². The van der Waals surface area contributed by atoms with E-state index < -0.39 is 11.9 Å². The number of nitrogens with one attached hydrogen (secondary N) is 1. The molecule has 0 atom stereocenters. The summed E-state index contributed by atoms with van der Waals surface area (Å²) in [4.78, 5) is 24.9. The molecule has 124 valence electrons. The topological polar surface area (TPSA) is 88.4 Å². The van der Waals surface area contributed by atoms with Gasteiger partial charge < -0.3 is 14.8 Å². The minimum Gasteiger partial charge on any atom is -0.482 e. The molecule has 0 saturated heterocycles. The first-order chi connectivity index (χ1) is 11.5. The van der Waals surface area contributed by atoms with Crippen molar-refractivity contribution in [2.45, 2.75) is 13.8 Å². The van der Waals surface area contributed by atoms with Gasteiger partial charge in [0.1, 0.15) is 16.8 Å². The summed E-state index contributed by atoms with van der Waals surface area (Å²) in [6.45, 7) is 3.39. The minimum absolute atomic E-state index is 0.269.